The highest BCUT2D eigenvalue weighted by molar-refractivity contribution is 5.99. The van der Waals surface area contributed by atoms with E-state index in [1.165, 1.54) is 0 Å². The van der Waals surface area contributed by atoms with Gasteiger partial charge in [-0.3, -0.25) is 9.59 Å². The fourth-order valence-corrected chi connectivity index (χ4v) is 2.76. The predicted octanol–water partition coefficient (Wildman–Crippen LogP) is 2.30. The Hall–Kier alpha value is -1.68. The van der Waals surface area contributed by atoms with Crippen LogP contribution in [-0.2, 0) is 11.2 Å². The molecule has 1 unspecified atom stereocenters. The number of ketones is 1. The smallest absolute Gasteiger partial charge is 0.226 e. The summed E-state index contributed by atoms with van der Waals surface area (Å²) in [4.78, 5) is 25.9. The lowest BCUT2D eigenvalue weighted by Crippen LogP contribution is -2.35. The van der Waals surface area contributed by atoms with Crippen LogP contribution in [0, 0.1) is 0 Å². The summed E-state index contributed by atoms with van der Waals surface area (Å²) >= 11 is 0. The maximum atomic E-state index is 12.0. The Kier molecular flexibility index (Phi) is 4.55. The number of carbonyl (C=O) groups excluding carboxylic acids is 2. The van der Waals surface area contributed by atoms with Gasteiger partial charge in [-0.1, -0.05) is 6.92 Å². The first-order chi connectivity index (χ1) is 9.58. The fraction of sp³-hybridized carbons (Fsp3) is 0.500. The van der Waals surface area contributed by atoms with Crippen molar-refractivity contribution < 1.29 is 9.59 Å². The van der Waals surface area contributed by atoms with E-state index in [0.717, 1.165) is 23.2 Å². The fourth-order valence-electron chi connectivity index (χ4n) is 2.76. The number of Topliss-reactive ketones (excluding diaryl/α,β-unsaturated/α-hetero) is 1. The lowest BCUT2D eigenvalue weighted by molar-refractivity contribution is -0.118. The first kappa shape index (κ1) is 14.7. The molecular weight excluding hydrogens is 252 g/mol. The Bertz CT molecular complexity index is 525. The standard InChI is InChI=1S/C16H22N2O2/c1-3-16(20)18-11(2)9-13-10-12(6-7-14(13)18)15(19)5-4-8-17/h6-7,10-11H,3-5,8-9,17H2,1-2H3. The molecule has 1 aromatic rings. The Labute approximate surface area is 119 Å². The molecule has 20 heavy (non-hydrogen) atoms. The highest BCUT2D eigenvalue weighted by Crippen LogP contribution is 2.33. The Morgan fingerprint density at radius 1 is 1.40 bits per heavy atom. The molecule has 1 aliphatic heterocycles. The van der Waals surface area contributed by atoms with Crippen LogP contribution in [0.4, 0.5) is 5.69 Å². The normalized spacial score (nSPS) is 17.1. The largest absolute Gasteiger partial charge is 0.330 e. The van der Waals surface area contributed by atoms with Crippen molar-refractivity contribution in [3.63, 3.8) is 0 Å². The molecule has 0 spiro atoms. The highest BCUT2D eigenvalue weighted by atomic mass is 16.2. The Morgan fingerprint density at radius 3 is 2.80 bits per heavy atom. The molecule has 108 valence electrons. The van der Waals surface area contributed by atoms with Gasteiger partial charge in [0.25, 0.3) is 0 Å². The Morgan fingerprint density at radius 2 is 2.15 bits per heavy atom. The summed E-state index contributed by atoms with van der Waals surface area (Å²) in [7, 11) is 0. The van der Waals surface area contributed by atoms with Gasteiger partial charge in [-0.05, 0) is 50.1 Å². The van der Waals surface area contributed by atoms with Gasteiger partial charge in [-0.25, -0.2) is 0 Å². The quantitative estimate of drug-likeness (QED) is 0.838. The van der Waals surface area contributed by atoms with Gasteiger partial charge in [0.1, 0.15) is 0 Å². The molecule has 0 saturated carbocycles. The number of anilines is 1. The van der Waals surface area contributed by atoms with Crippen molar-refractivity contribution in [2.45, 2.75) is 45.6 Å². The van der Waals surface area contributed by atoms with Gasteiger partial charge >= 0.3 is 0 Å². The average Bonchev–Trinajstić information content (AvgIpc) is 2.78. The minimum atomic E-state index is 0.131. The zero-order chi connectivity index (χ0) is 14.7. The van der Waals surface area contributed by atoms with E-state index in [0.29, 0.717) is 25.8 Å². The summed E-state index contributed by atoms with van der Waals surface area (Å²) in [6, 6.07) is 5.84. The van der Waals surface area contributed by atoms with Gasteiger partial charge in [0.15, 0.2) is 5.78 Å². The van der Waals surface area contributed by atoms with Gasteiger partial charge in [-0.2, -0.15) is 0 Å². The molecule has 0 saturated heterocycles. The summed E-state index contributed by atoms with van der Waals surface area (Å²) in [6.45, 7) is 4.45. The topological polar surface area (TPSA) is 63.4 Å². The van der Waals surface area contributed by atoms with Crippen molar-refractivity contribution >= 4 is 17.4 Å². The lowest BCUT2D eigenvalue weighted by Gasteiger charge is -2.22. The van der Waals surface area contributed by atoms with E-state index in [-0.39, 0.29) is 17.7 Å². The number of benzene rings is 1. The van der Waals surface area contributed by atoms with Crippen LogP contribution in [0.2, 0.25) is 0 Å². The van der Waals surface area contributed by atoms with Crippen molar-refractivity contribution in [3.8, 4) is 0 Å². The molecule has 2 N–H and O–H groups in total. The number of nitrogens with two attached hydrogens (primary N) is 1. The summed E-state index contributed by atoms with van der Waals surface area (Å²) in [6.07, 6.45) is 2.52. The van der Waals surface area contributed by atoms with Crippen LogP contribution in [0.25, 0.3) is 0 Å². The van der Waals surface area contributed by atoms with Gasteiger partial charge in [0, 0.05) is 30.1 Å². The lowest BCUT2D eigenvalue weighted by atomic mass is 10.0. The molecule has 1 aromatic carbocycles. The second kappa shape index (κ2) is 6.18. The van der Waals surface area contributed by atoms with Gasteiger partial charge in [0.05, 0.1) is 0 Å². The van der Waals surface area contributed by atoms with Crippen molar-refractivity contribution in [2.24, 2.45) is 5.73 Å². The number of hydrogen-bond donors (Lipinski definition) is 1. The maximum absolute atomic E-state index is 12.0. The predicted molar refractivity (Wildman–Crippen MR) is 80.0 cm³/mol. The first-order valence-corrected chi connectivity index (χ1v) is 7.26. The molecule has 2 rings (SSSR count). The zero-order valence-electron chi connectivity index (χ0n) is 12.2. The number of fused-ring (bicyclic) bond motifs is 1. The molecule has 4 heteroatoms. The molecule has 0 fully saturated rings. The van der Waals surface area contributed by atoms with E-state index in [2.05, 4.69) is 0 Å². The van der Waals surface area contributed by atoms with Crippen LogP contribution in [0.5, 0.6) is 0 Å². The number of amides is 1. The minimum absolute atomic E-state index is 0.131. The van der Waals surface area contributed by atoms with E-state index in [1.807, 2.05) is 36.9 Å². The summed E-state index contributed by atoms with van der Waals surface area (Å²) < 4.78 is 0. The second-order valence-corrected chi connectivity index (χ2v) is 5.33. The van der Waals surface area contributed by atoms with Gasteiger partial charge in [0.2, 0.25) is 5.91 Å². The van der Waals surface area contributed by atoms with Gasteiger partial charge in [-0.15, -0.1) is 0 Å². The molecule has 1 aliphatic rings. The van der Waals surface area contributed by atoms with Crippen LogP contribution in [0.1, 0.15) is 49.0 Å². The third-order valence-electron chi connectivity index (χ3n) is 3.80. The first-order valence-electron chi connectivity index (χ1n) is 7.26. The summed E-state index contributed by atoms with van der Waals surface area (Å²) in [5.74, 6) is 0.268. The second-order valence-electron chi connectivity index (χ2n) is 5.33. The monoisotopic (exact) mass is 274 g/mol. The molecule has 1 amide bonds. The van der Waals surface area contributed by atoms with Crippen LogP contribution < -0.4 is 10.6 Å². The molecule has 1 atom stereocenters. The number of nitrogens with zero attached hydrogens (tertiary/aromatic N) is 1. The summed E-state index contributed by atoms with van der Waals surface area (Å²) in [5, 5.41) is 0. The van der Waals surface area contributed by atoms with Crippen LogP contribution in [0.15, 0.2) is 18.2 Å². The van der Waals surface area contributed by atoms with Gasteiger partial charge < -0.3 is 10.6 Å². The van der Waals surface area contributed by atoms with Crippen molar-refractivity contribution in [2.75, 3.05) is 11.4 Å². The SMILES string of the molecule is CCC(=O)N1c2ccc(C(=O)CCCN)cc2CC1C. The zero-order valence-corrected chi connectivity index (χ0v) is 12.2. The Balaban J connectivity index is 2.24. The molecular formula is C16H22N2O2. The van der Waals surface area contributed by atoms with E-state index < -0.39 is 0 Å². The van der Waals surface area contributed by atoms with Crippen molar-refractivity contribution in [1.82, 2.24) is 0 Å². The maximum Gasteiger partial charge on any atom is 0.226 e. The van der Waals surface area contributed by atoms with E-state index in [1.54, 1.807) is 0 Å². The van der Waals surface area contributed by atoms with Crippen molar-refractivity contribution in [3.05, 3.63) is 29.3 Å². The highest BCUT2D eigenvalue weighted by Gasteiger charge is 2.30. The van der Waals surface area contributed by atoms with E-state index in [9.17, 15) is 9.59 Å². The molecule has 0 radical (unpaired) electrons. The molecule has 0 aromatic heterocycles. The molecule has 1 heterocycles. The van der Waals surface area contributed by atoms with E-state index in [4.69, 9.17) is 5.73 Å². The van der Waals surface area contributed by atoms with E-state index >= 15 is 0 Å². The van der Waals surface area contributed by atoms with Crippen LogP contribution in [0.3, 0.4) is 0 Å². The third-order valence-corrected chi connectivity index (χ3v) is 3.80. The average molecular weight is 274 g/mol. The van der Waals surface area contributed by atoms with Crippen LogP contribution >= 0.6 is 0 Å². The third kappa shape index (κ3) is 2.75. The number of rotatable bonds is 5. The number of hydrogen-bond acceptors (Lipinski definition) is 3. The van der Waals surface area contributed by atoms with Crippen LogP contribution in [-0.4, -0.2) is 24.3 Å². The minimum Gasteiger partial charge on any atom is -0.330 e. The van der Waals surface area contributed by atoms with Crippen molar-refractivity contribution in [1.29, 1.82) is 0 Å². The molecule has 4 nitrogen and oxygen atoms in total. The summed E-state index contributed by atoms with van der Waals surface area (Å²) in [5.41, 5.74) is 8.22. The number of carbonyl (C=O) groups is 2. The molecule has 0 aliphatic carbocycles. The molecule has 0 bridgehead atoms.